The van der Waals surface area contributed by atoms with Crippen LogP contribution in [0.2, 0.25) is 10.0 Å². The van der Waals surface area contributed by atoms with E-state index in [1.165, 1.54) is 6.33 Å². The lowest BCUT2D eigenvalue weighted by atomic mass is 9.97. The van der Waals surface area contributed by atoms with Crippen molar-refractivity contribution in [3.63, 3.8) is 0 Å². The summed E-state index contributed by atoms with van der Waals surface area (Å²) >= 11 is 12.2. The van der Waals surface area contributed by atoms with Gasteiger partial charge in [0.1, 0.15) is 17.8 Å². The molecule has 41 heavy (non-hydrogen) atoms. The number of aliphatic hydroxyl groups is 1. The Labute approximate surface area is 246 Å². The molecule has 2 aliphatic heterocycles. The van der Waals surface area contributed by atoms with Gasteiger partial charge in [-0.15, -0.1) is 0 Å². The molecule has 1 N–H and O–H groups in total. The number of halogens is 2. The second-order valence-electron chi connectivity index (χ2n) is 10.5. The minimum Gasteiger partial charge on any atom is -0.394 e. The molecule has 0 aliphatic carbocycles. The summed E-state index contributed by atoms with van der Waals surface area (Å²) in [5, 5.41) is 19.9. The minimum atomic E-state index is -0.428. The van der Waals surface area contributed by atoms with Crippen LogP contribution in [-0.2, 0) is 13.0 Å². The maximum atomic E-state index is 14.0. The van der Waals surface area contributed by atoms with Gasteiger partial charge in [-0.25, -0.2) is 9.67 Å². The number of aromatic nitrogens is 6. The van der Waals surface area contributed by atoms with Crippen molar-refractivity contribution < 1.29 is 14.7 Å². The molecule has 212 valence electrons. The normalized spacial score (nSPS) is 19.2. The molecule has 6 rings (SSSR count). The van der Waals surface area contributed by atoms with Crippen LogP contribution in [0.3, 0.4) is 0 Å². The van der Waals surface area contributed by atoms with Gasteiger partial charge in [-0.2, -0.15) is 10.2 Å². The molecule has 0 saturated carbocycles. The molecule has 13 heteroatoms. The molecular weight excluding hydrogens is 567 g/mol. The molecule has 0 fully saturated rings. The van der Waals surface area contributed by atoms with E-state index in [-0.39, 0.29) is 43.6 Å². The highest BCUT2D eigenvalue weighted by Gasteiger charge is 2.41. The van der Waals surface area contributed by atoms with Crippen LogP contribution < -0.4 is 0 Å². The van der Waals surface area contributed by atoms with Crippen molar-refractivity contribution in [3.8, 4) is 5.69 Å². The fourth-order valence-electron chi connectivity index (χ4n) is 5.59. The Kier molecular flexibility index (Phi) is 7.04. The highest BCUT2D eigenvalue weighted by molar-refractivity contribution is 6.42. The first-order chi connectivity index (χ1) is 19.7. The fourth-order valence-corrected chi connectivity index (χ4v) is 5.89. The Morgan fingerprint density at radius 2 is 1.98 bits per heavy atom. The second kappa shape index (κ2) is 10.6. The number of amides is 2. The van der Waals surface area contributed by atoms with Crippen LogP contribution in [0.15, 0.2) is 42.9 Å². The standard InChI is InChI=1S/C28H28Cl2N8O3/c1-15-8-25-21(12-35(15)27(40)18-4-6-22(29)23(30)9-18)26-28(41)36(11-20(13-39)38(26)34-25)16(2)24-7-5-19(10-31-24)37-17(3)32-14-33-37/h4-7,9-10,14-16,20,39H,8,11-13H2,1-3H3/t15-,16?,20+/m1/s1. The number of hydrogen-bond donors (Lipinski definition) is 1. The minimum absolute atomic E-state index is 0.157. The number of fused-ring (bicyclic) bond motifs is 3. The van der Waals surface area contributed by atoms with Crippen LogP contribution in [-0.4, -0.2) is 75.4 Å². The monoisotopic (exact) mass is 594 g/mol. The van der Waals surface area contributed by atoms with Crippen LogP contribution in [0.1, 0.15) is 69.6 Å². The van der Waals surface area contributed by atoms with E-state index in [1.54, 1.807) is 43.6 Å². The zero-order valence-corrected chi connectivity index (χ0v) is 24.2. The number of carbonyl (C=O) groups is 2. The topological polar surface area (TPSA) is 122 Å². The summed E-state index contributed by atoms with van der Waals surface area (Å²) in [5.74, 6) is 0.315. The molecule has 0 spiro atoms. The predicted molar refractivity (Wildman–Crippen MR) is 151 cm³/mol. The molecule has 3 atom stereocenters. The summed E-state index contributed by atoms with van der Waals surface area (Å²) in [6.45, 7) is 6.01. The van der Waals surface area contributed by atoms with Crippen LogP contribution in [0, 0.1) is 6.92 Å². The number of nitrogens with zero attached hydrogens (tertiary/aromatic N) is 8. The lowest BCUT2D eigenvalue weighted by Gasteiger charge is -2.37. The van der Waals surface area contributed by atoms with Gasteiger partial charge in [0.15, 0.2) is 0 Å². The SMILES string of the molecule is Cc1ncnn1-c1ccc(C(C)N2C[C@@H](CO)n3nc4c(c3C2=O)CN(C(=O)c2ccc(Cl)c(Cl)c2)[C@H](C)C4)nc1. The van der Waals surface area contributed by atoms with Gasteiger partial charge in [0.2, 0.25) is 0 Å². The third-order valence-electron chi connectivity index (χ3n) is 7.93. The first-order valence-corrected chi connectivity index (χ1v) is 14.0. The first kappa shape index (κ1) is 27.4. The van der Waals surface area contributed by atoms with Crippen molar-refractivity contribution >= 4 is 35.0 Å². The summed E-state index contributed by atoms with van der Waals surface area (Å²) < 4.78 is 3.33. The van der Waals surface area contributed by atoms with Crippen LogP contribution in [0.25, 0.3) is 5.69 Å². The third kappa shape index (κ3) is 4.67. The third-order valence-corrected chi connectivity index (χ3v) is 8.66. The Balaban J connectivity index is 1.30. The maximum absolute atomic E-state index is 14.0. The van der Waals surface area contributed by atoms with Crippen LogP contribution in [0.4, 0.5) is 0 Å². The summed E-state index contributed by atoms with van der Waals surface area (Å²) in [6.07, 6.45) is 3.66. The molecule has 0 radical (unpaired) electrons. The summed E-state index contributed by atoms with van der Waals surface area (Å²) in [5.41, 5.74) is 3.73. The average Bonchev–Trinajstić information content (AvgIpc) is 3.57. The Morgan fingerprint density at radius 1 is 1.17 bits per heavy atom. The van der Waals surface area contributed by atoms with Gasteiger partial charge in [0, 0.05) is 30.1 Å². The van der Waals surface area contributed by atoms with Crippen molar-refractivity contribution in [1.82, 2.24) is 39.3 Å². The van der Waals surface area contributed by atoms with Crippen molar-refractivity contribution in [2.75, 3.05) is 13.2 Å². The highest BCUT2D eigenvalue weighted by atomic mass is 35.5. The van der Waals surface area contributed by atoms with Gasteiger partial charge < -0.3 is 14.9 Å². The fraction of sp³-hybridized carbons (Fsp3) is 0.357. The molecular formula is C28H28Cl2N8O3. The highest BCUT2D eigenvalue weighted by Crippen LogP contribution is 2.35. The Bertz CT molecular complexity index is 1650. The van der Waals surface area contributed by atoms with E-state index in [0.29, 0.717) is 39.0 Å². The van der Waals surface area contributed by atoms with E-state index in [1.807, 2.05) is 32.9 Å². The maximum Gasteiger partial charge on any atom is 0.273 e. The van der Waals surface area contributed by atoms with Crippen molar-refractivity contribution in [2.45, 2.75) is 51.9 Å². The quantitative estimate of drug-likeness (QED) is 0.372. The molecule has 2 aliphatic rings. The summed E-state index contributed by atoms with van der Waals surface area (Å²) in [7, 11) is 0. The lowest BCUT2D eigenvalue weighted by Crippen LogP contribution is -2.47. The van der Waals surface area contributed by atoms with Gasteiger partial charge in [-0.05, 0) is 51.1 Å². The van der Waals surface area contributed by atoms with Crippen molar-refractivity contribution in [3.05, 3.63) is 86.9 Å². The smallest absolute Gasteiger partial charge is 0.273 e. The van der Waals surface area contributed by atoms with Gasteiger partial charge in [-0.1, -0.05) is 23.2 Å². The molecule has 1 aromatic carbocycles. The van der Waals surface area contributed by atoms with Gasteiger partial charge in [0.25, 0.3) is 11.8 Å². The molecule has 3 aromatic heterocycles. The zero-order chi connectivity index (χ0) is 29.0. The Morgan fingerprint density at radius 3 is 2.63 bits per heavy atom. The summed E-state index contributed by atoms with van der Waals surface area (Å²) in [4.78, 5) is 39.7. The number of pyridine rings is 1. The molecule has 4 aromatic rings. The van der Waals surface area contributed by atoms with Crippen LogP contribution in [0.5, 0.6) is 0 Å². The Hall–Kier alpha value is -3.80. The lowest BCUT2D eigenvalue weighted by molar-refractivity contribution is 0.0509. The summed E-state index contributed by atoms with van der Waals surface area (Å²) in [6, 6.07) is 7.59. The van der Waals surface area contributed by atoms with Crippen LogP contribution >= 0.6 is 23.2 Å². The molecule has 11 nitrogen and oxygen atoms in total. The van der Waals surface area contributed by atoms with E-state index in [0.717, 1.165) is 17.2 Å². The van der Waals surface area contributed by atoms with E-state index in [4.69, 9.17) is 28.3 Å². The molecule has 5 heterocycles. The van der Waals surface area contributed by atoms with Gasteiger partial charge >= 0.3 is 0 Å². The van der Waals surface area contributed by atoms with Gasteiger partial charge in [0.05, 0.1) is 58.6 Å². The predicted octanol–water partition coefficient (Wildman–Crippen LogP) is 3.81. The number of aryl methyl sites for hydroxylation is 1. The van der Waals surface area contributed by atoms with Gasteiger partial charge in [-0.3, -0.25) is 19.3 Å². The number of aliphatic hydroxyl groups excluding tert-OH is 1. The van der Waals surface area contributed by atoms with E-state index in [2.05, 4.69) is 15.1 Å². The van der Waals surface area contributed by atoms with Crippen molar-refractivity contribution in [2.24, 2.45) is 0 Å². The molecule has 1 unspecified atom stereocenters. The largest absolute Gasteiger partial charge is 0.394 e. The van der Waals surface area contributed by atoms with Crippen molar-refractivity contribution in [1.29, 1.82) is 0 Å². The number of benzene rings is 1. The number of hydrogen-bond acceptors (Lipinski definition) is 7. The van der Waals surface area contributed by atoms with E-state index >= 15 is 0 Å². The molecule has 0 bridgehead atoms. The van der Waals surface area contributed by atoms with E-state index < -0.39 is 6.04 Å². The first-order valence-electron chi connectivity index (χ1n) is 13.3. The average molecular weight is 595 g/mol. The molecule has 2 amide bonds. The molecule has 0 saturated heterocycles. The zero-order valence-electron chi connectivity index (χ0n) is 22.7. The second-order valence-corrected chi connectivity index (χ2v) is 11.3. The number of rotatable bonds is 5. The van der Waals surface area contributed by atoms with E-state index in [9.17, 15) is 14.7 Å². The number of carbonyl (C=O) groups excluding carboxylic acids is 2.